The predicted octanol–water partition coefficient (Wildman–Crippen LogP) is 5.96. The SMILES string of the molecule is Cc1cc2c(cc1-c1ccc(CC(C)(C)C)c[n+]1C)CC(c1ccccc1)C2. The van der Waals surface area contributed by atoms with Crippen molar-refractivity contribution in [1.82, 2.24) is 0 Å². The van der Waals surface area contributed by atoms with Gasteiger partial charge in [0.2, 0.25) is 5.69 Å². The Labute approximate surface area is 170 Å². The van der Waals surface area contributed by atoms with Gasteiger partial charge in [-0.1, -0.05) is 57.2 Å². The molecule has 4 rings (SSSR count). The van der Waals surface area contributed by atoms with Crippen LogP contribution in [0.3, 0.4) is 0 Å². The first kappa shape index (κ1) is 18.9. The number of pyridine rings is 1. The van der Waals surface area contributed by atoms with Crippen LogP contribution >= 0.6 is 0 Å². The highest BCUT2D eigenvalue weighted by Crippen LogP contribution is 2.37. The van der Waals surface area contributed by atoms with Gasteiger partial charge in [0.25, 0.3) is 0 Å². The highest BCUT2D eigenvalue weighted by atomic mass is 14.9. The van der Waals surface area contributed by atoms with Crippen LogP contribution in [0, 0.1) is 12.3 Å². The van der Waals surface area contributed by atoms with E-state index >= 15 is 0 Å². The van der Waals surface area contributed by atoms with Crippen LogP contribution in [-0.2, 0) is 26.3 Å². The summed E-state index contributed by atoms with van der Waals surface area (Å²) < 4.78 is 2.30. The number of fused-ring (bicyclic) bond motifs is 1. The summed E-state index contributed by atoms with van der Waals surface area (Å²) in [7, 11) is 2.18. The second kappa shape index (κ2) is 7.20. The zero-order valence-electron chi connectivity index (χ0n) is 17.9. The predicted molar refractivity (Wildman–Crippen MR) is 118 cm³/mol. The Morgan fingerprint density at radius 3 is 2.25 bits per heavy atom. The van der Waals surface area contributed by atoms with Gasteiger partial charge >= 0.3 is 0 Å². The van der Waals surface area contributed by atoms with Crippen molar-refractivity contribution in [3.8, 4) is 11.3 Å². The summed E-state index contributed by atoms with van der Waals surface area (Å²) in [5, 5.41) is 0. The highest BCUT2D eigenvalue weighted by molar-refractivity contribution is 5.64. The number of nitrogens with zero attached hydrogens (tertiary/aromatic N) is 1. The van der Waals surface area contributed by atoms with E-state index in [9.17, 15) is 0 Å². The van der Waals surface area contributed by atoms with Crippen LogP contribution in [-0.4, -0.2) is 0 Å². The topological polar surface area (TPSA) is 3.88 Å². The molecule has 0 amide bonds. The molecule has 3 aromatic rings. The van der Waals surface area contributed by atoms with Gasteiger partial charge in [0.15, 0.2) is 6.20 Å². The molecule has 1 heteroatoms. The van der Waals surface area contributed by atoms with Crippen LogP contribution in [0.4, 0.5) is 0 Å². The van der Waals surface area contributed by atoms with Gasteiger partial charge in [-0.15, -0.1) is 0 Å². The van der Waals surface area contributed by atoms with Crippen molar-refractivity contribution in [2.75, 3.05) is 0 Å². The van der Waals surface area contributed by atoms with E-state index in [1.54, 1.807) is 0 Å². The van der Waals surface area contributed by atoms with Crippen LogP contribution in [0.25, 0.3) is 11.3 Å². The van der Waals surface area contributed by atoms with E-state index in [0.717, 1.165) is 19.3 Å². The van der Waals surface area contributed by atoms with E-state index in [0.29, 0.717) is 11.3 Å². The van der Waals surface area contributed by atoms with Gasteiger partial charge in [-0.2, -0.15) is 0 Å². The van der Waals surface area contributed by atoms with Gasteiger partial charge in [0, 0.05) is 17.2 Å². The Morgan fingerprint density at radius 2 is 1.61 bits per heavy atom. The van der Waals surface area contributed by atoms with Crippen molar-refractivity contribution in [1.29, 1.82) is 0 Å². The molecular weight excluding hydrogens is 338 g/mol. The second-order valence-corrected chi connectivity index (χ2v) is 9.72. The summed E-state index contributed by atoms with van der Waals surface area (Å²) in [6, 6.07) is 20.5. The van der Waals surface area contributed by atoms with Crippen molar-refractivity contribution in [3.05, 3.63) is 88.6 Å². The Hall–Kier alpha value is -2.41. The molecule has 0 N–H and O–H groups in total. The number of aromatic nitrogens is 1. The number of benzene rings is 2. The van der Waals surface area contributed by atoms with Crippen molar-refractivity contribution in [2.45, 2.75) is 52.9 Å². The van der Waals surface area contributed by atoms with Crippen LogP contribution in [0.5, 0.6) is 0 Å². The minimum absolute atomic E-state index is 0.310. The van der Waals surface area contributed by atoms with Gasteiger partial charge in [-0.25, -0.2) is 4.57 Å². The number of aryl methyl sites for hydroxylation is 2. The van der Waals surface area contributed by atoms with Crippen molar-refractivity contribution >= 4 is 0 Å². The maximum absolute atomic E-state index is 2.45. The van der Waals surface area contributed by atoms with Gasteiger partial charge in [-0.3, -0.25) is 0 Å². The first-order valence-corrected chi connectivity index (χ1v) is 10.5. The molecule has 0 fully saturated rings. The summed E-state index contributed by atoms with van der Waals surface area (Å²) in [6.07, 6.45) is 5.72. The van der Waals surface area contributed by atoms with Crippen molar-refractivity contribution < 1.29 is 4.57 Å². The summed E-state index contributed by atoms with van der Waals surface area (Å²) in [6.45, 7) is 9.16. The van der Waals surface area contributed by atoms with Crippen LogP contribution in [0.2, 0.25) is 0 Å². The molecule has 0 saturated heterocycles. The molecule has 1 aliphatic rings. The van der Waals surface area contributed by atoms with Crippen molar-refractivity contribution in [3.63, 3.8) is 0 Å². The maximum Gasteiger partial charge on any atom is 0.212 e. The lowest BCUT2D eigenvalue weighted by molar-refractivity contribution is -0.660. The molecule has 1 atom stereocenters. The average molecular weight is 371 g/mol. The fourth-order valence-corrected chi connectivity index (χ4v) is 4.69. The minimum atomic E-state index is 0.310. The zero-order valence-corrected chi connectivity index (χ0v) is 17.9. The molecule has 1 aliphatic carbocycles. The molecule has 0 radical (unpaired) electrons. The van der Waals surface area contributed by atoms with Gasteiger partial charge < -0.3 is 0 Å². The van der Waals surface area contributed by atoms with E-state index in [2.05, 4.69) is 100 Å². The van der Waals surface area contributed by atoms with E-state index in [1.807, 2.05) is 0 Å². The summed E-state index contributed by atoms with van der Waals surface area (Å²) in [5.41, 5.74) is 10.3. The van der Waals surface area contributed by atoms with E-state index in [4.69, 9.17) is 0 Å². The molecule has 1 unspecified atom stereocenters. The fraction of sp³-hybridized carbons (Fsp3) is 0.370. The fourth-order valence-electron chi connectivity index (χ4n) is 4.69. The molecule has 2 aromatic carbocycles. The zero-order chi connectivity index (χ0) is 19.9. The van der Waals surface area contributed by atoms with E-state index in [-0.39, 0.29) is 0 Å². The van der Waals surface area contributed by atoms with Crippen LogP contribution in [0.1, 0.15) is 54.5 Å². The smallest absolute Gasteiger partial charge is 0.201 e. The number of hydrogen-bond acceptors (Lipinski definition) is 0. The molecule has 0 aliphatic heterocycles. The highest BCUT2D eigenvalue weighted by Gasteiger charge is 2.25. The molecule has 1 heterocycles. The molecule has 1 aromatic heterocycles. The molecule has 0 spiro atoms. The minimum Gasteiger partial charge on any atom is -0.201 e. The molecule has 28 heavy (non-hydrogen) atoms. The lowest BCUT2D eigenvalue weighted by Crippen LogP contribution is -2.32. The van der Waals surface area contributed by atoms with Gasteiger partial charge in [0.1, 0.15) is 7.05 Å². The summed E-state index contributed by atoms with van der Waals surface area (Å²) in [4.78, 5) is 0. The summed E-state index contributed by atoms with van der Waals surface area (Å²) >= 11 is 0. The van der Waals surface area contributed by atoms with E-state index < -0.39 is 0 Å². The Balaban J connectivity index is 1.65. The Kier molecular flexibility index (Phi) is 4.87. The third-order valence-corrected chi connectivity index (χ3v) is 5.96. The third-order valence-electron chi connectivity index (χ3n) is 5.96. The molecular formula is C27H32N+. The second-order valence-electron chi connectivity index (χ2n) is 9.72. The third kappa shape index (κ3) is 3.90. The first-order valence-electron chi connectivity index (χ1n) is 10.5. The molecule has 0 bridgehead atoms. The normalized spacial score (nSPS) is 16.2. The van der Waals surface area contributed by atoms with Crippen molar-refractivity contribution in [2.24, 2.45) is 12.5 Å². The first-order chi connectivity index (χ1) is 13.3. The number of hydrogen-bond donors (Lipinski definition) is 0. The van der Waals surface area contributed by atoms with E-state index in [1.165, 1.54) is 39.1 Å². The Morgan fingerprint density at radius 1 is 0.929 bits per heavy atom. The summed E-state index contributed by atoms with van der Waals surface area (Å²) in [5.74, 6) is 0.619. The monoisotopic (exact) mass is 370 g/mol. The molecule has 144 valence electrons. The van der Waals surface area contributed by atoms with Gasteiger partial charge in [-0.05, 0) is 71.9 Å². The lowest BCUT2D eigenvalue weighted by Gasteiger charge is -2.17. The lowest BCUT2D eigenvalue weighted by atomic mass is 9.88. The largest absolute Gasteiger partial charge is 0.212 e. The molecule has 1 nitrogen and oxygen atoms in total. The quantitative estimate of drug-likeness (QED) is 0.501. The van der Waals surface area contributed by atoms with Gasteiger partial charge in [0.05, 0.1) is 0 Å². The Bertz CT molecular complexity index is 993. The van der Waals surface area contributed by atoms with Crippen LogP contribution in [0.15, 0.2) is 60.8 Å². The average Bonchev–Trinajstić information content (AvgIpc) is 3.04. The number of rotatable bonds is 3. The maximum atomic E-state index is 2.45. The molecule has 0 saturated carbocycles. The standard InChI is InChI=1S/C27H32N/c1-19-13-22-14-23(21-9-7-6-8-10-21)15-24(22)16-25(19)26-12-11-20(18-28(26)5)17-27(2,3)4/h6-13,16,18,23H,14-15,17H2,1-5H3/q+1. The van der Waals surface area contributed by atoms with Crippen LogP contribution < -0.4 is 4.57 Å².